The number of nitrogens with two attached hydrogens (primary N) is 1. The minimum atomic E-state index is -4.83. The first kappa shape index (κ1) is 11.2. The highest BCUT2D eigenvalue weighted by molar-refractivity contribution is 5.76. The van der Waals surface area contributed by atoms with Crippen LogP contribution < -0.4 is 11.3 Å². The summed E-state index contributed by atoms with van der Waals surface area (Å²) < 4.78 is 35.6. The summed E-state index contributed by atoms with van der Waals surface area (Å²) in [5, 5.41) is 8.71. The number of halogens is 3. The van der Waals surface area contributed by atoms with Gasteiger partial charge in [-0.25, -0.2) is 5.84 Å². The van der Waals surface area contributed by atoms with Crippen molar-refractivity contribution >= 4 is 5.91 Å². The van der Waals surface area contributed by atoms with Gasteiger partial charge in [-0.1, -0.05) is 0 Å². The summed E-state index contributed by atoms with van der Waals surface area (Å²) in [7, 11) is 0. The molecule has 1 unspecified atom stereocenters. The number of carbonyl (C=O) groups excluding carboxylic acids is 1. The van der Waals surface area contributed by atoms with Gasteiger partial charge in [0.15, 0.2) is 5.60 Å². The fourth-order valence-corrected chi connectivity index (χ4v) is 0.464. The van der Waals surface area contributed by atoms with Gasteiger partial charge in [0.1, 0.15) is 0 Å². The average Bonchev–Trinajstić information content (AvgIpc) is 1.84. The second-order valence-corrected chi connectivity index (χ2v) is 2.52. The molecule has 12 heavy (non-hydrogen) atoms. The van der Waals surface area contributed by atoms with Gasteiger partial charge in [-0.05, 0) is 6.92 Å². The molecule has 0 fully saturated rings. The molecule has 0 saturated heterocycles. The Kier molecular flexibility index (Phi) is 3.05. The molecule has 72 valence electrons. The van der Waals surface area contributed by atoms with Crippen molar-refractivity contribution in [2.75, 3.05) is 0 Å². The molecule has 1 atom stereocenters. The van der Waals surface area contributed by atoms with Gasteiger partial charge in [0, 0.05) is 0 Å². The van der Waals surface area contributed by atoms with Crippen LogP contribution in [0.25, 0.3) is 0 Å². The van der Waals surface area contributed by atoms with E-state index in [1.165, 1.54) is 5.43 Å². The van der Waals surface area contributed by atoms with Crippen LogP contribution in [-0.2, 0) is 4.79 Å². The zero-order chi connectivity index (χ0) is 9.99. The maximum atomic E-state index is 11.9. The number of nitrogens with one attached hydrogen (secondary N) is 1. The molecule has 0 saturated carbocycles. The van der Waals surface area contributed by atoms with Crippen LogP contribution in [0.4, 0.5) is 13.2 Å². The third-order valence-corrected chi connectivity index (χ3v) is 1.28. The second-order valence-electron chi connectivity index (χ2n) is 2.52. The van der Waals surface area contributed by atoms with Crippen LogP contribution in [0.1, 0.15) is 13.3 Å². The van der Waals surface area contributed by atoms with Gasteiger partial charge in [-0.3, -0.25) is 10.2 Å². The minimum Gasteiger partial charge on any atom is -0.380 e. The van der Waals surface area contributed by atoms with Crippen LogP contribution in [0.5, 0.6) is 0 Å². The van der Waals surface area contributed by atoms with Gasteiger partial charge in [-0.15, -0.1) is 0 Å². The Morgan fingerprint density at radius 2 is 2.00 bits per heavy atom. The molecule has 0 aromatic carbocycles. The van der Waals surface area contributed by atoms with E-state index in [9.17, 15) is 18.0 Å². The Bertz CT molecular complexity index is 178. The Morgan fingerprint density at radius 3 is 2.25 bits per heavy atom. The van der Waals surface area contributed by atoms with Crippen molar-refractivity contribution in [2.45, 2.75) is 25.1 Å². The lowest BCUT2D eigenvalue weighted by Crippen LogP contribution is -2.47. The van der Waals surface area contributed by atoms with Crippen LogP contribution in [0, 0.1) is 0 Å². The lowest BCUT2D eigenvalue weighted by molar-refractivity contribution is -0.253. The molecule has 0 aliphatic carbocycles. The molecule has 0 aromatic heterocycles. The average molecular weight is 186 g/mol. The molecule has 0 bridgehead atoms. The largest absolute Gasteiger partial charge is 0.417 e. The predicted octanol–water partition coefficient (Wildman–Crippen LogP) is -0.320. The van der Waals surface area contributed by atoms with Crippen molar-refractivity contribution in [3.05, 3.63) is 0 Å². The Balaban J connectivity index is 4.33. The predicted molar refractivity (Wildman–Crippen MR) is 33.6 cm³/mol. The van der Waals surface area contributed by atoms with Gasteiger partial charge in [-0.2, -0.15) is 13.2 Å². The number of alkyl halides is 3. The highest BCUT2D eigenvalue weighted by atomic mass is 19.4. The smallest absolute Gasteiger partial charge is 0.380 e. The zero-order valence-corrected chi connectivity index (χ0v) is 6.27. The van der Waals surface area contributed by atoms with E-state index in [0.717, 1.165) is 0 Å². The summed E-state index contributed by atoms with van der Waals surface area (Å²) in [6.45, 7) is 0.502. The lowest BCUT2D eigenvalue weighted by atomic mass is 10.0. The van der Waals surface area contributed by atoms with Crippen molar-refractivity contribution in [1.82, 2.24) is 5.43 Å². The van der Waals surface area contributed by atoms with E-state index >= 15 is 0 Å². The molecule has 0 rings (SSSR count). The standard InChI is InChI=1S/C5H9F3N2O2/c1-4(12,5(6,7)8)2-3(11)10-9/h12H,2,9H2,1H3,(H,10,11). The molecule has 7 heteroatoms. The maximum absolute atomic E-state index is 11.9. The van der Waals surface area contributed by atoms with E-state index in [2.05, 4.69) is 5.84 Å². The second kappa shape index (κ2) is 3.28. The maximum Gasteiger partial charge on any atom is 0.417 e. The fourth-order valence-electron chi connectivity index (χ4n) is 0.464. The monoisotopic (exact) mass is 186 g/mol. The first-order chi connectivity index (χ1) is 5.20. The zero-order valence-electron chi connectivity index (χ0n) is 6.27. The first-order valence-corrected chi connectivity index (χ1v) is 2.99. The molecule has 4 N–H and O–H groups in total. The summed E-state index contributed by atoms with van der Waals surface area (Å²) >= 11 is 0. The van der Waals surface area contributed by atoms with E-state index in [0.29, 0.717) is 6.92 Å². The summed E-state index contributed by atoms with van der Waals surface area (Å²) in [6, 6.07) is 0. The molecule has 0 aliphatic rings. The molecule has 0 aliphatic heterocycles. The van der Waals surface area contributed by atoms with Crippen LogP contribution in [0.3, 0.4) is 0 Å². The number of carbonyl (C=O) groups is 1. The van der Waals surface area contributed by atoms with Crippen molar-refractivity contribution < 1.29 is 23.1 Å². The molecule has 0 spiro atoms. The highest BCUT2D eigenvalue weighted by Gasteiger charge is 2.50. The Hall–Kier alpha value is -0.820. The van der Waals surface area contributed by atoms with E-state index in [1.54, 1.807) is 0 Å². The normalized spacial score (nSPS) is 16.8. The van der Waals surface area contributed by atoms with E-state index in [1.807, 2.05) is 0 Å². The summed E-state index contributed by atoms with van der Waals surface area (Å²) in [5.41, 5.74) is -1.54. The Morgan fingerprint density at radius 1 is 1.58 bits per heavy atom. The molecular weight excluding hydrogens is 177 g/mol. The molecule has 1 amide bonds. The molecule has 0 heterocycles. The molecule has 4 nitrogen and oxygen atoms in total. The number of hydrogen-bond acceptors (Lipinski definition) is 3. The number of amides is 1. The van der Waals surface area contributed by atoms with Crippen molar-refractivity contribution in [2.24, 2.45) is 5.84 Å². The van der Waals surface area contributed by atoms with E-state index < -0.39 is 24.1 Å². The van der Waals surface area contributed by atoms with Gasteiger partial charge >= 0.3 is 6.18 Å². The summed E-state index contributed by atoms with van der Waals surface area (Å²) in [5.74, 6) is 3.47. The van der Waals surface area contributed by atoms with Crippen LogP contribution in [0.2, 0.25) is 0 Å². The minimum absolute atomic E-state index is 0.502. The number of rotatable bonds is 2. The number of hydrogen-bond donors (Lipinski definition) is 3. The number of hydrazine groups is 1. The van der Waals surface area contributed by atoms with Crippen molar-refractivity contribution in [3.63, 3.8) is 0 Å². The van der Waals surface area contributed by atoms with Crippen molar-refractivity contribution in [1.29, 1.82) is 0 Å². The third kappa shape index (κ3) is 2.67. The van der Waals surface area contributed by atoms with E-state index in [-0.39, 0.29) is 0 Å². The molecule has 0 radical (unpaired) electrons. The topological polar surface area (TPSA) is 75.3 Å². The first-order valence-electron chi connectivity index (χ1n) is 2.99. The van der Waals surface area contributed by atoms with Crippen LogP contribution in [-0.4, -0.2) is 22.8 Å². The molecule has 0 aromatic rings. The summed E-state index contributed by atoms with van der Waals surface area (Å²) in [6.07, 6.45) is -5.94. The van der Waals surface area contributed by atoms with Gasteiger partial charge in [0.05, 0.1) is 6.42 Å². The Labute approximate surface area is 66.5 Å². The van der Waals surface area contributed by atoms with Crippen LogP contribution >= 0.6 is 0 Å². The lowest BCUT2D eigenvalue weighted by Gasteiger charge is -2.24. The van der Waals surface area contributed by atoms with Gasteiger partial charge in [0.25, 0.3) is 0 Å². The summed E-state index contributed by atoms with van der Waals surface area (Å²) in [4.78, 5) is 10.4. The SMILES string of the molecule is CC(O)(CC(=O)NN)C(F)(F)F. The van der Waals surface area contributed by atoms with Crippen molar-refractivity contribution in [3.8, 4) is 0 Å². The van der Waals surface area contributed by atoms with Crippen LogP contribution in [0.15, 0.2) is 0 Å². The highest BCUT2D eigenvalue weighted by Crippen LogP contribution is 2.32. The quantitative estimate of drug-likeness (QED) is 0.314. The fraction of sp³-hybridized carbons (Fsp3) is 0.800. The van der Waals surface area contributed by atoms with Gasteiger partial charge in [0.2, 0.25) is 5.91 Å². The third-order valence-electron chi connectivity index (χ3n) is 1.28. The number of aliphatic hydroxyl groups is 1. The molecular formula is C5H9F3N2O2. The van der Waals surface area contributed by atoms with Gasteiger partial charge < -0.3 is 5.11 Å². The van der Waals surface area contributed by atoms with E-state index in [4.69, 9.17) is 5.11 Å².